The molecule has 2 amide bonds. The monoisotopic (exact) mass is 446 g/mol. The lowest BCUT2D eigenvalue weighted by atomic mass is 9.81. The van der Waals surface area contributed by atoms with Gasteiger partial charge in [0.1, 0.15) is 0 Å². The van der Waals surface area contributed by atoms with Crippen molar-refractivity contribution in [2.45, 2.75) is 39.2 Å². The zero-order valence-electron chi connectivity index (χ0n) is 19.0. The number of rotatable bonds is 4. The zero-order valence-corrected chi connectivity index (χ0v) is 19.0. The molecule has 2 fully saturated rings. The van der Waals surface area contributed by atoms with Crippen LogP contribution in [0.1, 0.15) is 32.6 Å². The molecule has 0 N–H and O–H groups in total. The van der Waals surface area contributed by atoms with Crippen molar-refractivity contribution >= 4 is 22.8 Å². The van der Waals surface area contributed by atoms with E-state index in [0.717, 1.165) is 25.7 Å². The molecular weight excluding hydrogens is 415 g/mol. The Labute approximate surface area is 186 Å². The molecule has 0 atom stereocenters. The quantitative estimate of drug-likeness (QED) is 0.720. The van der Waals surface area contributed by atoms with Crippen LogP contribution in [0.2, 0.25) is 0 Å². The normalized spacial score (nSPS) is 21.8. The largest absolute Gasteiger partial charge is 0.494 e. The van der Waals surface area contributed by atoms with Crippen LogP contribution in [0.25, 0.3) is 11.0 Å². The van der Waals surface area contributed by atoms with Crippen LogP contribution in [0.3, 0.4) is 0 Å². The van der Waals surface area contributed by atoms with Gasteiger partial charge in [-0.1, -0.05) is 0 Å². The van der Waals surface area contributed by atoms with Gasteiger partial charge in [-0.05, 0) is 31.6 Å². The highest BCUT2D eigenvalue weighted by Gasteiger charge is 2.32. The maximum atomic E-state index is 14.1. The van der Waals surface area contributed by atoms with Crippen LogP contribution in [0.15, 0.2) is 16.9 Å². The molecule has 0 spiro atoms. The number of fused-ring (bicyclic) bond motifs is 1. The van der Waals surface area contributed by atoms with Crippen LogP contribution < -0.4 is 10.4 Å². The van der Waals surface area contributed by atoms with Gasteiger partial charge in [0.15, 0.2) is 11.6 Å². The number of methoxy groups -OCH3 is 1. The van der Waals surface area contributed by atoms with Gasteiger partial charge in [-0.3, -0.25) is 18.7 Å². The van der Waals surface area contributed by atoms with E-state index in [9.17, 15) is 18.8 Å². The lowest BCUT2D eigenvalue weighted by Gasteiger charge is -2.37. The van der Waals surface area contributed by atoms with E-state index in [1.165, 1.54) is 17.7 Å². The summed E-state index contributed by atoms with van der Waals surface area (Å²) in [6.45, 7) is 4.51. The Hall–Kier alpha value is -2.84. The third kappa shape index (κ3) is 4.12. The minimum atomic E-state index is -0.490. The second-order valence-electron chi connectivity index (χ2n) is 8.98. The number of hydrogen-bond acceptors (Lipinski definition) is 4. The summed E-state index contributed by atoms with van der Waals surface area (Å²) >= 11 is 0. The number of aromatic nitrogens is 2. The highest BCUT2D eigenvalue weighted by Crippen LogP contribution is 2.32. The first-order valence-corrected chi connectivity index (χ1v) is 11.3. The first kappa shape index (κ1) is 22.4. The van der Waals surface area contributed by atoms with E-state index in [1.807, 2.05) is 4.90 Å². The first-order valence-electron chi connectivity index (χ1n) is 11.3. The number of benzene rings is 1. The molecule has 0 bridgehead atoms. The number of imidazole rings is 1. The van der Waals surface area contributed by atoms with Crippen molar-refractivity contribution in [3.05, 3.63) is 28.4 Å². The highest BCUT2D eigenvalue weighted by atomic mass is 19.1. The van der Waals surface area contributed by atoms with Crippen LogP contribution in [0.4, 0.5) is 4.39 Å². The van der Waals surface area contributed by atoms with Gasteiger partial charge in [-0.2, -0.15) is 0 Å². The number of carbonyl (C=O) groups is 2. The summed E-state index contributed by atoms with van der Waals surface area (Å²) in [6, 6.07) is 2.93. The van der Waals surface area contributed by atoms with Crippen molar-refractivity contribution in [2.24, 2.45) is 18.9 Å². The van der Waals surface area contributed by atoms with Crippen molar-refractivity contribution < 1.29 is 18.7 Å². The molecule has 1 aliphatic heterocycles. The summed E-state index contributed by atoms with van der Waals surface area (Å²) in [5.41, 5.74) is 1.04. The Morgan fingerprint density at radius 3 is 2.25 bits per heavy atom. The molecule has 1 saturated carbocycles. The fraction of sp³-hybridized carbons (Fsp3) is 0.609. The molecule has 4 rings (SSSR count). The smallest absolute Gasteiger partial charge is 0.328 e. The maximum Gasteiger partial charge on any atom is 0.328 e. The molecule has 1 aliphatic carbocycles. The van der Waals surface area contributed by atoms with Gasteiger partial charge in [-0.15, -0.1) is 0 Å². The lowest BCUT2D eigenvalue weighted by Crippen LogP contribution is -2.51. The Morgan fingerprint density at radius 1 is 1.03 bits per heavy atom. The Morgan fingerprint density at radius 2 is 1.66 bits per heavy atom. The predicted octanol–water partition coefficient (Wildman–Crippen LogP) is 1.98. The van der Waals surface area contributed by atoms with Crippen LogP contribution in [-0.2, 0) is 23.2 Å². The van der Waals surface area contributed by atoms with Gasteiger partial charge in [0.2, 0.25) is 11.8 Å². The van der Waals surface area contributed by atoms with E-state index in [2.05, 4.69) is 0 Å². The molecule has 0 unspecified atom stereocenters. The SMILES string of the molecule is COc1cc2c(cc1F)n(C)c(=O)n2CC1CCC(C(=O)N2CCN(C(C)=O)CC2)CC1. The number of amides is 2. The predicted molar refractivity (Wildman–Crippen MR) is 118 cm³/mol. The molecule has 174 valence electrons. The summed E-state index contributed by atoms with van der Waals surface area (Å²) in [5, 5.41) is 0. The number of hydrogen-bond donors (Lipinski definition) is 0. The van der Waals surface area contributed by atoms with E-state index in [0.29, 0.717) is 43.8 Å². The van der Waals surface area contributed by atoms with Crippen molar-refractivity contribution in [1.29, 1.82) is 0 Å². The standard InChI is InChI=1S/C23H31FN4O4/c1-15(29)26-8-10-27(11-9-26)22(30)17-6-4-16(5-7-17)14-28-20-13-21(32-3)18(24)12-19(20)25(2)23(28)31/h12-13,16-17H,4-11,14H2,1-3H3. The van der Waals surface area contributed by atoms with Crippen molar-refractivity contribution in [1.82, 2.24) is 18.9 Å². The second-order valence-corrected chi connectivity index (χ2v) is 8.98. The average Bonchev–Trinajstić information content (AvgIpc) is 3.02. The third-order valence-corrected chi connectivity index (χ3v) is 7.09. The molecule has 2 aliphatic rings. The fourth-order valence-corrected chi connectivity index (χ4v) is 5.09. The minimum absolute atomic E-state index is 0.00792. The van der Waals surface area contributed by atoms with Crippen LogP contribution in [0, 0.1) is 17.7 Å². The molecule has 2 aromatic rings. The van der Waals surface area contributed by atoms with Gasteiger partial charge >= 0.3 is 5.69 Å². The molecule has 1 aromatic heterocycles. The summed E-state index contributed by atoms with van der Waals surface area (Å²) in [7, 11) is 3.06. The van der Waals surface area contributed by atoms with Gasteiger partial charge in [0.25, 0.3) is 0 Å². The Balaban J connectivity index is 1.40. The van der Waals surface area contributed by atoms with Crippen LogP contribution in [0.5, 0.6) is 5.75 Å². The fourth-order valence-electron chi connectivity index (χ4n) is 5.09. The third-order valence-electron chi connectivity index (χ3n) is 7.09. The summed E-state index contributed by atoms with van der Waals surface area (Å²) in [5.74, 6) is 0.171. The molecule has 9 heteroatoms. The van der Waals surface area contributed by atoms with E-state index >= 15 is 0 Å². The van der Waals surface area contributed by atoms with Crippen molar-refractivity contribution in [2.75, 3.05) is 33.3 Å². The topological polar surface area (TPSA) is 76.8 Å². The number of ether oxygens (including phenoxy) is 1. The molecule has 0 radical (unpaired) electrons. The molecule has 8 nitrogen and oxygen atoms in total. The van der Waals surface area contributed by atoms with Gasteiger partial charge in [0, 0.05) is 64.7 Å². The van der Waals surface area contributed by atoms with Gasteiger partial charge < -0.3 is 14.5 Å². The van der Waals surface area contributed by atoms with Gasteiger partial charge in [0.05, 0.1) is 18.1 Å². The Bertz CT molecular complexity index is 1080. The maximum absolute atomic E-state index is 14.1. The number of piperazine rings is 1. The second kappa shape index (κ2) is 8.96. The number of halogens is 1. The lowest BCUT2D eigenvalue weighted by molar-refractivity contribution is -0.142. The number of nitrogens with zero attached hydrogens (tertiary/aromatic N) is 4. The van der Waals surface area contributed by atoms with Gasteiger partial charge in [-0.25, -0.2) is 9.18 Å². The molecule has 2 heterocycles. The van der Waals surface area contributed by atoms with Crippen LogP contribution >= 0.6 is 0 Å². The average molecular weight is 447 g/mol. The van der Waals surface area contributed by atoms with Crippen LogP contribution in [-0.4, -0.2) is 64.0 Å². The summed E-state index contributed by atoms with van der Waals surface area (Å²) < 4.78 is 22.4. The van der Waals surface area contributed by atoms with E-state index < -0.39 is 5.82 Å². The molecule has 1 saturated heterocycles. The summed E-state index contributed by atoms with van der Waals surface area (Å²) in [4.78, 5) is 40.9. The Kier molecular flexibility index (Phi) is 6.26. The molecule has 1 aromatic carbocycles. The van der Waals surface area contributed by atoms with E-state index in [1.54, 1.807) is 29.5 Å². The number of aryl methyl sites for hydroxylation is 1. The molecule has 32 heavy (non-hydrogen) atoms. The minimum Gasteiger partial charge on any atom is -0.494 e. The number of carbonyl (C=O) groups excluding carboxylic acids is 2. The van der Waals surface area contributed by atoms with E-state index in [4.69, 9.17) is 4.74 Å². The summed E-state index contributed by atoms with van der Waals surface area (Å²) in [6.07, 6.45) is 3.33. The van der Waals surface area contributed by atoms with E-state index in [-0.39, 0.29) is 35.1 Å². The zero-order chi connectivity index (χ0) is 23.0. The van der Waals surface area contributed by atoms with Crippen molar-refractivity contribution in [3.8, 4) is 5.75 Å². The highest BCUT2D eigenvalue weighted by molar-refractivity contribution is 5.80. The molecular formula is C23H31FN4O4. The first-order chi connectivity index (χ1) is 15.3. The van der Waals surface area contributed by atoms with Crippen molar-refractivity contribution in [3.63, 3.8) is 0 Å².